The standard InChI is InChI=1S/C15H18F3N3O2S/c1-5-24-11-10-7-6-9(15(16,17)18)8-21(10)20-12(11)19-13(22)23-14(2,3)4/h6-8H,5H2,1-4H3,(H,19,20,22). The van der Waals surface area contributed by atoms with Crippen LogP contribution in [-0.4, -0.2) is 27.1 Å². The summed E-state index contributed by atoms with van der Waals surface area (Å²) in [5.41, 5.74) is -1.01. The summed E-state index contributed by atoms with van der Waals surface area (Å²) < 4.78 is 44.8. The molecule has 0 fully saturated rings. The molecule has 2 aromatic rings. The molecular weight excluding hydrogens is 343 g/mol. The number of alkyl halides is 3. The van der Waals surface area contributed by atoms with Crippen LogP contribution >= 0.6 is 11.8 Å². The molecule has 0 bridgehead atoms. The van der Waals surface area contributed by atoms with Gasteiger partial charge in [0.25, 0.3) is 0 Å². The third-order valence-electron chi connectivity index (χ3n) is 2.82. The number of pyridine rings is 1. The van der Waals surface area contributed by atoms with Crippen LogP contribution in [0.25, 0.3) is 5.52 Å². The van der Waals surface area contributed by atoms with Gasteiger partial charge in [-0.3, -0.25) is 5.32 Å². The van der Waals surface area contributed by atoms with Crippen molar-refractivity contribution in [2.24, 2.45) is 0 Å². The number of hydrogen-bond donors (Lipinski definition) is 1. The van der Waals surface area contributed by atoms with Gasteiger partial charge in [-0.15, -0.1) is 16.9 Å². The first-order valence-electron chi connectivity index (χ1n) is 7.23. The van der Waals surface area contributed by atoms with Gasteiger partial charge >= 0.3 is 12.3 Å². The first kappa shape index (κ1) is 18.4. The molecule has 9 heteroatoms. The highest BCUT2D eigenvalue weighted by Gasteiger charge is 2.31. The van der Waals surface area contributed by atoms with E-state index in [-0.39, 0.29) is 5.82 Å². The van der Waals surface area contributed by atoms with Gasteiger partial charge in [-0.1, -0.05) is 6.92 Å². The smallest absolute Gasteiger partial charge is 0.417 e. The van der Waals surface area contributed by atoms with Crippen molar-refractivity contribution in [3.63, 3.8) is 0 Å². The van der Waals surface area contributed by atoms with Crippen molar-refractivity contribution < 1.29 is 22.7 Å². The van der Waals surface area contributed by atoms with Gasteiger partial charge in [0.2, 0.25) is 0 Å². The molecule has 0 unspecified atom stereocenters. The average molecular weight is 361 g/mol. The summed E-state index contributed by atoms with van der Waals surface area (Å²) in [6.07, 6.45) is -4.27. The van der Waals surface area contributed by atoms with E-state index >= 15 is 0 Å². The highest BCUT2D eigenvalue weighted by molar-refractivity contribution is 7.99. The maximum absolute atomic E-state index is 12.8. The Bertz CT molecular complexity index is 751. The van der Waals surface area contributed by atoms with Gasteiger partial charge in [0, 0.05) is 6.20 Å². The molecule has 0 aliphatic rings. The molecule has 0 aromatic carbocycles. The molecule has 1 amide bonds. The molecule has 2 heterocycles. The van der Waals surface area contributed by atoms with E-state index in [1.165, 1.54) is 17.8 Å². The lowest BCUT2D eigenvalue weighted by Crippen LogP contribution is -2.27. The van der Waals surface area contributed by atoms with Crippen molar-refractivity contribution >= 4 is 29.2 Å². The van der Waals surface area contributed by atoms with Crippen LogP contribution in [0.15, 0.2) is 23.2 Å². The van der Waals surface area contributed by atoms with Crippen LogP contribution in [0, 0.1) is 0 Å². The summed E-state index contributed by atoms with van der Waals surface area (Å²) in [6.45, 7) is 7.05. The Morgan fingerprint density at radius 2 is 2.00 bits per heavy atom. The predicted octanol–water partition coefficient (Wildman–Crippen LogP) is 4.81. The molecule has 0 saturated heterocycles. The Hall–Kier alpha value is -1.90. The highest BCUT2D eigenvalue weighted by atomic mass is 32.2. The number of ether oxygens (including phenoxy) is 1. The van der Waals surface area contributed by atoms with Crippen molar-refractivity contribution in [3.05, 3.63) is 23.9 Å². The zero-order chi connectivity index (χ0) is 18.1. The minimum absolute atomic E-state index is 0.176. The molecule has 0 spiro atoms. The maximum atomic E-state index is 12.8. The molecule has 2 rings (SSSR count). The van der Waals surface area contributed by atoms with Gasteiger partial charge in [-0.05, 0) is 38.7 Å². The Morgan fingerprint density at radius 3 is 2.54 bits per heavy atom. The molecule has 0 aliphatic carbocycles. The SMILES string of the molecule is CCSc1c(NC(=O)OC(C)(C)C)nn2cc(C(F)(F)F)ccc12. The number of nitrogens with one attached hydrogen (secondary N) is 1. The summed E-state index contributed by atoms with van der Waals surface area (Å²) in [7, 11) is 0. The van der Waals surface area contributed by atoms with E-state index in [1.54, 1.807) is 20.8 Å². The third kappa shape index (κ3) is 4.34. The monoisotopic (exact) mass is 361 g/mol. The molecule has 132 valence electrons. The summed E-state index contributed by atoms with van der Waals surface area (Å²) in [5.74, 6) is 0.848. The Morgan fingerprint density at radius 1 is 1.33 bits per heavy atom. The van der Waals surface area contributed by atoms with Crippen LogP contribution in [0.3, 0.4) is 0 Å². The van der Waals surface area contributed by atoms with Crippen molar-refractivity contribution in [1.29, 1.82) is 0 Å². The molecule has 24 heavy (non-hydrogen) atoms. The second-order valence-electron chi connectivity index (χ2n) is 5.98. The number of hydrogen-bond acceptors (Lipinski definition) is 4. The number of fused-ring (bicyclic) bond motifs is 1. The lowest BCUT2D eigenvalue weighted by Gasteiger charge is -2.19. The van der Waals surface area contributed by atoms with Gasteiger partial charge in [0.1, 0.15) is 5.60 Å². The minimum Gasteiger partial charge on any atom is -0.444 e. The number of rotatable bonds is 3. The summed E-state index contributed by atoms with van der Waals surface area (Å²) in [5, 5.41) is 6.56. The number of aromatic nitrogens is 2. The molecule has 0 saturated carbocycles. The predicted molar refractivity (Wildman–Crippen MR) is 86.4 cm³/mol. The number of carbonyl (C=O) groups is 1. The number of anilines is 1. The van der Waals surface area contributed by atoms with E-state index in [9.17, 15) is 18.0 Å². The second kappa shape index (κ2) is 6.54. The fourth-order valence-corrected chi connectivity index (χ4v) is 2.79. The average Bonchev–Trinajstić information content (AvgIpc) is 2.73. The topological polar surface area (TPSA) is 55.6 Å². The zero-order valence-corrected chi connectivity index (χ0v) is 14.5. The minimum atomic E-state index is -4.46. The number of nitrogens with zero attached hydrogens (tertiary/aromatic N) is 2. The summed E-state index contributed by atoms with van der Waals surface area (Å²) >= 11 is 1.38. The number of amides is 1. The van der Waals surface area contributed by atoms with Gasteiger partial charge in [-0.25, -0.2) is 9.31 Å². The molecule has 2 aromatic heterocycles. The Labute approximate surface area is 141 Å². The van der Waals surface area contributed by atoms with Crippen molar-refractivity contribution in [2.45, 2.75) is 44.4 Å². The molecule has 1 N–H and O–H groups in total. The van der Waals surface area contributed by atoms with E-state index < -0.39 is 23.4 Å². The largest absolute Gasteiger partial charge is 0.444 e. The zero-order valence-electron chi connectivity index (χ0n) is 13.7. The fourth-order valence-electron chi connectivity index (χ4n) is 1.96. The van der Waals surface area contributed by atoms with Gasteiger partial charge in [0.15, 0.2) is 5.82 Å². The van der Waals surface area contributed by atoms with Crippen molar-refractivity contribution in [1.82, 2.24) is 9.61 Å². The van der Waals surface area contributed by atoms with Crippen molar-refractivity contribution in [3.8, 4) is 0 Å². The van der Waals surface area contributed by atoms with E-state index in [1.807, 2.05) is 6.92 Å². The second-order valence-corrected chi connectivity index (χ2v) is 7.26. The molecule has 0 atom stereocenters. The number of halogens is 3. The van der Waals surface area contributed by atoms with E-state index in [0.29, 0.717) is 16.2 Å². The lowest BCUT2D eigenvalue weighted by atomic mass is 10.2. The Kier molecular flexibility index (Phi) is 5.03. The van der Waals surface area contributed by atoms with Crippen LogP contribution in [-0.2, 0) is 10.9 Å². The van der Waals surface area contributed by atoms with Crippen LogP contribution < -0.4 is 5.32 Å². The van der Waals surface area contributed by atoms with Crippen LogP contribution in [0.5, 0.6) is 0 Å². The van der Waals surface area contributed by atoms with Gasteiger partial charge in [0.05, 0.1) is 16.0 Å². The summed E-state index contributed by atoms with van der Waals surface area (Å²) in [4.78, 5) is 12.5. The highest BCUT2D eigenvalue weighted by Crippen LogP contribution is 2.34. The molecule has 0 radical (unpaired) electrons. The molecule has 0 aliphatic heterocycles. The first-order chi connectivity index (χ1) is 11.0. The molecular formula is C15H18F3N3O2S. The normalized spacial score (nSPS) is 12.5. The quantitative estimate of drug-likeness (QED) is 0.797. The maximum Gasteiger partial charge on any atom is 0.417 e. The van der Waals surface area contributed by atoms with Crippen LogP contribution in [0.1, 0.15) is 33.3 Å². The molecule has 5 nitrogen and oxygen atoms in total. The fraction of sp³-hybridized carbons (Fsp3) is 0.467. The van der Waals surface area contributed by atoms with E-state index in [0.717, 1.165) is 16.8 Å². The summed E-state index contributed by atoms with van der Waals surface area (Å²) in [6, 6.07) is 2.34. The number of carbonyl (C=O) groups excluding carboxylic acids is 1. The van der Waals surface area contributed by atoms with E-state index in [4.69, 9.17) is 4.74 Å². The third-order valence-corrected chi connectivity index (χ3v) is 3.80. The van der Waals surface area contributed by atoms with Crippen LogP contribution in [0.2, 0.25) is 0 Å². The van der Waals surface area contributed by atoms with Gasteiger partial charge in [-0.2, -0.15) is 13.2 Å². The number of thioether (sulfide) groups is 1. The van der Waals surface area contributed by atoms with Crippen LogP contribution in [0.4, 0.5) is 23.8 Å². The van der Waals surface area contributed by atoms with E-state index in [2.05, 4.69) is 10.4 Å². The lowest BCUT2D eigenvalue weighted by molar-refractivity contribution is -0.137. The van der Waals surface area contributed by atoms with Gasteiger partial charge < -0.3 is 4.74 Å². The van der Waals surface area contributed by atoms with Crippen molar-refractivity contribution in [2.75, 3.05) is 11.1 Å². The Balaban J connectivity index is 2.41. The first-order valence-corrected chi connectivity index (χ1v) is 8.22.